The fourth-order valence-electron chi connectivity index (χ4n) is 2.50. The van der Waals surface area contributed by atoms with E-state index in [-0.39, 0.29) is 5.78 Å². The van der Waals surface area contributed by atoms with Gasteiger partial charge in [-0.2, -0.15) is 0 Å². The van der Waals surface area contributed by atoms with E-state index in [1.165, 1.54) is 24.9 Å². The highest BCUT2D eigenvalue weighted by Gasteiger charge is 2.12. The molecule has 0 amide bonds. The molecule has 98 valence electrons. The first kappa shape index (κ1) is 13.1. The lowest BCUT2D eigenvalue weighted by atomic mass is 10.0. The van der Waals surface area contributed by atoms with Crippen molar-refractivity contribution in [1.82, 2.24) is 0 Å². The van der Waals surface area contributed by atoms with Crippen molar-refractivity contribution in [2.45, 2.75) is 39.5 Å². The number of carbonyl (C=O) groups excluding carboxylic acids is 1. The second-order valence-corrected chi connectivity index (χ2v) is 5.62. The molecule has 1 saturated heterocycles. The Morgan fingerprint density at radius 2 is 1.72 bits per heavy atom. The Hall–Kier alpha value is -1.31. The Morgan fingerprint density at radius 3 is 2.28 bits per heavy atom. The maximum absolute atomic E-state index is 11.9. The highest BCUT2D eigenvalue weighted by molar-refractivity contribution is 5.96. The summed E-state index contributed by atoms with van der Waals surface area (Å²) in [7, 11) is 0. The van der Waals surface area contributed by atoms with Crippen LogP contribution in [-0.2, 0) is 0 Å². The fraction of sp³-hybridized carbons (Fsp3) is 0.562. The second kappa shape index (κ2) is 6.03. The molecule has 2 heteroatoms. The van der Waals surface area contributed by atoms with Crippen molar-refractivity contribution in [3.05, 3.63) is 29.8 Å². The lowest BCUT2D eigenvalue weighted by molar-refractivity contribution is 0.0968. The van der Waals surface area contributed by atoms with Gasteiger partial charge in [-0.3, -0.25) is 4.79 Å². The number of anilines is 1. The zero-order valence-corrected chi connectivity index (χ0v) is 11.5. The second-order valence-electron chi connectivity index (χ2n) is 5.62. The van der Waals surface area contributed by atoms with Gasteiger partial charge in [0.25, 0.3) is 0 Å². The summed E-state index contributed by atoms with van der Waals surface area (Å²) in [5, 5.41) is 0. The third-order valence-corrected chi connectivity index (χ3v) is 3.50. The summed E-state index contributed by atoms with van der Waals surface area (Å²) in [5.41, 5.74) is 2.11. The van der Waals surface area contributed by atoms with Crippen LogP contribution in [0.25, 0.3) is 0 Å². The molecule has 1 fully saturated rings. The highest BCUT2D eigenvalue weighted by atomic mass is 16.1. The van der Waals surface area contributed by atoms with Crippen LogP contribution in [0, 0.1) is 5.92 Å². The van der Waals surface area contributed by atoms with E-state index in [0.29, 0.717) is 12.3 Å². The first-order valence-electron chi connectivity index (χ1n) is 7.05. The minimum Gasteiger partial charge on any atom is -0.372 e. The fourth-order valence-corrected chi connectivity index (χ4v) is 2.50. The molecule has 1 aromatic rings. The molecule has 1 aromatic carbocycles. The zero-order chi connectivity index (χ0) is 13.0. The van der Waals surface area contributed by atoms with Crippen LogP contribution in [0.2, 0.25) is 0 Å². The smallest absolute Gasteiger partial charge is 0.163 e. The number of rotatable bonds is 4. The summed E-state index contributed by atoms with van der Waals surface area (Å²) >= 11 is 0. The molecule has 1 heterocycles. The molecule has 0 aliphatic carbocycles. The summed E-state index contributed by atoms with van der Waals surface area (Å²) < 4.78 is 0. The molecule has 2 rings (SSSR count). The molecular formula is C16H23NO. The third-order valence-electron chi connectivity index (χ3n) is 3.50. The molecule has 0 aromatic heterocycles. The van der Waals surface area contributed by atoms with Crippen molar-refractivity contribution in [2.24, 2.45) is 5.92 Å². The lowest BCUT2D eigenvalue weighted by Crippen LogP contribution is -2.29. The predicted octanol–water partition coefficient (Wildman–Crippen LogP) is 3.91. The minimum absolute atomic E-state index is 0.259. The van der Waals surface area contributed by atoms with Crippen LogP contribution in [0.1, 0.15) is 49.9 Å². The summed E-state index contributed by atoms with van der Waals surface area (Å²) in [5.74, 6) is 0.689. The molecule has 0 unspecified atom stereocenters. The van der Waals surface area contributed by atoms with Crippen LogP contribution in [0.3, 0.4) is 0 Å². The maximum atomic E-state index is 11.9. The van der Waals surface area contributed by atoms with Crippen molar-refractivity contribution < 1.29 is 4.79 Å². The molecule has 0 bridgehead atoms. The van der Waals surface area contributed by atoms with Crippen LogP contribution in [0.4, 0.5) is 5.69 Å². The van der Waals surface area contributed by atoms with Gasteiger partial charge in [0.2, 0.25) is 0 Å². The number of Topliss-reactive ketones (excluding diaryl/α,β-unsaturated/α-hetero) is 1. The van der Waals surface area contributed by atoms with Gasteiger partial charge in [-0.1, -0.05) is 13.8 Å². The number of benzene rings is 1. The molecule has 0 atom stereocenters. The van der Waals surface area contributed by atoms with Crippen LogP contribution in [0.5, 0.6) is 0 Å². The van der Waals surface area contributed by atoms with E-state index in [2.05, 4.69) is 30.9 Å². The minimum atomic E-state index is 0.259. The van der Waals surface area contributed by atoms with Crippen molar-refractivity contribution in [3.63, 3.8) is 0 Å². The van der Waals surface area contributed by atoms with Gasteiger partial charge in [-0.15, -0.1) is 0 Å². The van der Waals surface area contributed by atoms with Gasteiger partial charge in [0.05, 0.1) is 0 Å². The lowest BCUT2D eigenvalue weighted by Gasteiger charge is -2.28. The van der Waals surface area contributed by atoms with Gasteiger partial charge in [-0.05, 0) is 49.4 Å². The van der Waals surface area contributed by atoms with Crippen LogP contribution >= 0.6 is 0 Å². The van der Waals surface area contributed by atoms with E-state index in [1.807, 2.05) is 12.1 Å². The SMILES string of the molecule is CC(C)CC(=O)c1ccc(N2CCCCC2)cc1. The van der Waals surface area contributed by atoms with Crippen LogP contribution < -0.4 is 4.90 Å². The average molecular weight is 245 g/mol. The maximum Gasteiger partial charge on any atom is 0.163 e. The van der Waals surface area contributed by atoms with Gasteiger partial charge in [0.15, 0.2) is 5.78 Å². The van der Waals surface area contributed by atoms with E-state index >= 15 is 0 Å². The van der Waals surface area contributed by atoms with E-state index in [4.69, 9.17) is 0 Å². The van der Waals surface area contributed by atoms with Gasteiger partial charge in [-0.25, -0.2) is 0 Å². The number of nitrogens with zero attached hydrogens (tertiary/aromatic N) is 1. The predicted molar refractivity (Wildman–Crippen MR) is 76.3 cm³/mol. The summed E-state index contributed by atoms with van der Waals surface area (Å²) in [6, 6.07) is 8.15. The Kier molecular flexibility index (Phi) is 4.40. The van der Waals surface area contributed by atoms with Crippen LogP contribution in [-0.4, -0.2) is 18.9 Å². The first-order valence-corrected chi connectivity index (χ1v) is 7.05. The molecular weight excluding hydrogens is 222 g/mol. The third kappa shape index (κ3) is 3.34. The van der Waals surface area contributed by atoms with Crippen molar-refractivity contribution in [2.75, 3.05) is 18.0 Å². The Morgan fingerprint density at radius 1 is 1.11 bits per heavy atom. The van der Waals surface area contributed by atoms with E-state index < -0.39 is 0 Å². The normalized spacial score (nSPS) is 16.1. The topological polar surface area (TPSA) is 20.3 Å². The summed E-state index contributed by atoms with van der Waals surface area (Å²) in [6.07, 6.45) is 4.56. The van der Waals surface area contributed by atoms with Gasteiger partial charge in [0, 0.05) is 30.8 Å². The summed E-state index contributed by atoms with van der Waals surface area (Å²) in [6.45, 7) is 6.47. The van der Waals surface area contributed by atoms with Crippen LogP contribution in [0.15, 0.2) is 24.3 Å². The number of ketones is 1. The zero-order valence-electron chi connectivity index (χ0n) is 11.5. The number of piperidine rings is 1. The molecule has 2 nitrogen and oxygen atoms in total. The number of hydrogen-bond acceptors (Lipinski definition) is 2. The molecule has 1 aliphatic heterocycles. The number of hydrogen-bond donors (Lipinski definition) is 0. The quantitative estimate of drug-likeness (QED) is 0.750. The summed E-state index contributed by atoms with van der Waals surface area (Å²) in [4.78, 5) is 14.3. The van der Waals surface area contributed by atoms with Gasteiger partial charge < -0.3 is 4.90 Å². The molecule has 0 saturated carbocycles. The molecule has 1 aliphatic rings. The Labute approximate surface area is 110 Å². The standard InChI is InChI=1S/C16H23NO/c1-13(2)12-16(18)14-6-8-15(9-7-14)17-10-4-3-5-11-17/h6-9,13H,3-5,10-12H2,1-2H3. The number of carbonyl (C=O) groups is 1. The van der Waals surface area contributed by atoms with E-state index in [0.717, 1.165) is 18.7 Å². The highest BCUT2D eigenvalue weighted by Crippen LogP contribution is 2.21. The Bertz CT molecular complexity index is 388. The molecule has 0 N–H and O–H groups in total. The van der Waals surface area contributed by atoms with Crippen molar-refractivity contribution in [1.29, 1.82) is 0 Å². The molecule has 0 radical (unpaired) electrons. The average Bonchev–Trinajstić information content (AvgIpc) is 2.39. The van der Waals surface area contributed by atoms with Crippen molar-refractivity contribution >= 4 is 11.5 Å². The molecule has 18 heavy (non-hydrogen) atoms. The van der Waals surface area contributed by atoms with Gasteiger partial charge >= 0.3 is 0 Å². The van der Waals surface area contributed by atoms with Gasteiger partial charge in [0.1, 0.15) is 0 Å². The largest absolute Gasteiger partial charge is 0.372 e. The first-order chi connectivity index (χ1) is 8.66. The monoisotopic (exact) mass is 245 g/mol. The van der Waals surface area contributed by atoms with E-state index in [1.54, 1.807) is 0 Å². The molecule has 0 spiro atoms. The van der Waals surface area contributed by atoms with Crippen molar-refractivity contribution in [3.8, 4) is 0 Å². The Balaban J connectivity index is 2.02. The van der Waals surface area contributed by atoms with E-state index in [9.17, 15) is 4.79 Å².